The van der Waals surface area contributed by atoms with Crippen LogP contribution in [-0.2, 0) is 11.3 Å². The van der Waals surface area contributed by atoms with Crippen molar-refractivity contribution in [2.24, 2.45) is 0 Å². The summed E-state index contributed by atoms with van der Waals surface area (Å²) in [6.07, 6.45) is 3.12. The second-order valence-corrected chi connectivity index (χ2v) is 3.81. The minimum atomic E-state index is -0.401. The maximum Gasteiger partial charge on any atom is 0.242 e. The van der Waals surface area contributed by atoms with Crippen molar-refractivity contribution < 1.29 is 9.90 Å². The Kier molecular flexibility index (Phi) is 4.03. The number of nitrogens with zero attached hydrogens (tertiary/aromatic N) is 3. The first-order valence-electron chi connectivity index (χ1n) is 5.59. The molecule has 0 bridgehead atoms. The van der Waals surface area contributed by atoms with Crippen LogP contribution in [0.2, 0.25) is 0 Å². The summed E-state index contributed by atoms with van der Waals surface area (Å²) in [5.74, 6) is -0.219. The maximum atomic E-state index is 11.7. The van der Waals surface area contributed by atoms with Crippen LogP contribution in [-0.4, -0.2) is 32.6 Å². The van der Waals surface area contributed by atoms with Crippen LogP contribution in [0.3, 0.4) is 0 Å². The van der Waals surface area contributed by atoms with E-state index in [0.717, 1.165) is 5.56 Å². The lowest BCUT2D eigenvalue weighted by Crippen LogP contribution is -2.33. The number of aromatic nitrogens is 3. The van der Waals surface area contributed by atoms with Crippen LogP contribution in [0.25, 0.3) is 0 Å². The number of amides is 1. The lowest BCUT2D eigenvalue weighted by Gasteiger charge is -2.16. The van der Waals surface area contributed by atoms with Crippen molar-refractivity contribution in [3.8, 4) is 0 Å². The molecule has 0 saturated carbocycles. The summed E-state index contributed by atoms with van der Waals surface area (Å²) < 4.78 is 1.43. The summed E-state index contributed by atoms with van der Waals surface area (Å²) in [5, 5.41) is 19.4. The largest absolute Gasteiger partial charge is 0.394 e. The van der Waals surface area contributed by atoms with E-state index in [1.807, 2.05) is 30.3 Å². The third-order valence-electron chi connectivity index (χ3n) is 2.50. The fraction of sp³-hybridized carbons (Fsp3) is 0.250. The average Bonchev–Trinajstić information content (AvgIpc) is 2.90. The van der Waals surface area contributed by atoms with Gasteiger partial charge in [-0.2, -0.15) is 0 Å². The van der Waals surface area contributed by atoms with Gasteiger partial charge in [-0.15, -0.1) is 5.10 Å². The highest BCUT2D eigenvalue weighted by molar-refractivity contribution is 5.76. The molecule has 1 amide bonds. The normalized spacial score (nSPS) is 12.1. The Morgan fingerprint density at radius 3 is 2.78 bits per heavy atom. The second kappa shape index (κ2) is 5.92. The van der Waals surface area contributed by atoms with Crippen LogP contribution in [0, 0.1) is 0 Å². The highest BCUT2D eigenvalue weighted by Gasteiger charge is 2.13. The zero-order valence-electron chi connectivity index (χ0n) is 9.73. The third-order valence-corrected chi connectivity index (χ3v) is 2.50. The van der Waals surface area contributed by atoms with E-state index in [9.17, 15) is 9.90 Å². The lowest BCUT2D eigenvalue weighted by atomic mass is 10.1. The van der Waals surface area contributed by atoms with Crippen molar-refractivity contribution in [1.29, 1.82) is 0 Å². The van der Waals surface area contributed by atoms with Gasteiger partial charge in [-0.25, -0.2) is 4.68 Å². The first-order chi connectivity index (χ1) is 8.79. The number of carbonyl (C=O) groups is 1. The highest BCUT2D eigenvalue weighted by Crippen LogP contribution is 2.11. The molecule has 2 rings (SSSR count). The number of aliphatic hydroxyl groups is 1. The van der Waals surface area contributed by atoms with Crippen LogP contribution in [0.4, 0.5) is 0 Å². The molecular formula is C12H14N4O2. The molecule has 6 nitrogen and oxygen atoms in total. The van der Waals surface area contributed by atoms with Crippen LogP contribution in [0.5, 0.6) is 0 Å². The molecule has 2 aromatic rings. The zero-order valence-corrected chi connectivity index (χ0v) is 9.73. The highest BCUT2D eigenvalue weighted by atomic mass is 16.3. The summed E-state index contributed by atoms with van der Waals surface area (Å²) in [4.78, 5) is 11.7. The minimum absolute atomic E-state index is 0.0866. The van der Waals surface area contributed by atoms with Gasteiger partial charge in [-0.3, -0.25) is 4.79 Å². The molecule has 0 aliphatic carbocycles. The van der Waals surface area contributed by atoms with Gasteiger partial charge in [0, 0.05) is 6.20 Å². The van der Waals surface area contributed by atoms with Gasteiger partial charge in [0.1, 0.15) is 6.54 Å². The molecule has 2 N–H and O–H groups in total. The monoisotopic (exact) mass is 246 g/mol. The number of hydrogen-bond acceptors (Lipinski definition) is 4. The van der Waals surface area contributed by atoms with E-state index >= 15 is 0 Å². The van der Waals surface area contributed by atoms with E-state index in [2.05, 4.69) is 15.6 Å². The minimum Gasteiger partial charge on any atom is -0.394 e. The Bertz CT molecular complexity index is 484. The lowest BCUT2D eigenvalue weighted by molar-refractivity contribution is -0.123. The number of nitrogens with one attached hydrogen (secondary N) is 1. The van der Waals surface area contributed by atoms with Gasteiger partial charge in [0.2, 0.25) is 5.91 Å². The molecule has 1 atom stereocenters. The molecule has 94 valence electrons. The number of hydrogen-bond donors (Lipinski definition) is 2. The standard InChI is InChI=1S/C12H14N4O2/c17-9-11(10-4-2-1-3-5-10)14-12(18)8-16-7-6-13-15-16/h1-7,11,17H,8-9H2,(H,14,18)/t11-/m0/s1. The summed E-state index contributed by atoms with van der Waals surface area (Å²) in [6.45, 7) is -0.0591. The molecule has 0 spiro atoms. The Labute approximate surface area is 104 Å². The van der Waals surface area contributed by atoms with Gasteiger partial charge in [-0.1, -0.05) is 35.5 Å². The third kappa shape index (κ3) is 3.14. The van der Waals surface area contributed by atoms with Gasteiger partial charge in [0.15, 0.2) is 0 Å². The molecule has 18 heavy (non-hydrogen) atoms. The summed E-state index contributed by atoms with van der Waals surface area (Å²) >= 11 is 0. The molecule has 0 aliphatic heterocycles. The van der Waals surface area contributed by atoms with Crippen molar-refractivity contribution >= 4 is 5.91 Å². The Morgan fingerprint density at radius 2 is 2.17 bits per heavy atom. The molecule has 1 aromatic heterocycles. The van der Waals surface area contributed by atoms with Gasteiger partial charge < -0.3 is 10.4 Å². The SMILES string of the molecule is O=C(Cn1ccnn1)N[C@@H](CO)c1ccccc1. The van der Waals surface area contributed by atoms with Crippen molar-refractivity contribution in [1.82, 2.24) is 20.3 Å². The fourth-order valence-electron chi connectivity index (χ4n) is 1.62. The Morgan fingerprint density at radius 1 is 1.39 bits per heavy atom. The fourth-order valence-corrected chi connectivity index (χ4v) is 1.62. The molecule has 0 aliphatic rings. The van der Waals surface area contributed by atoms with Crippen LogP contribution in [0.1, 0.15) is 11.6 Å². The molecule has 0 saturated heterocycles. The number of carbonyl (C=O) groups excluding carboxylic acids is 1. The quantitative estimate of drug-likeness (QED) is 0.785. The van der Waals surface area contributed by atoms with E-state index in [1.165, 1.54) is 10.9 Å². The number of aliphatic hydroxyl groups excluding tert-OH is 1. The van der Waals surface area contributed by atoms with Crippen molar-refractivity contribution in [2.45, 2.75) is 12.6 Å². The first kappa shape index (κ1) is 12.3. The van der Waals surface area contributed by atoms with E-state index in [1.54, 1.807) is 6.20 Å². The van der Waals surface area contributed by atoms with Gasteiger partial charge >= 0.3 is 0 Å². The molecule has 0 fully saturated rings. The van der Waals surface area contributed by atoms with Crippen LogP contribution < -0.4 is 5.32 Å². The molecule has 1 heterocycles. The average molecular weight is 246 g/mol. The van der Waals surface area contributed by atoms with E-state index in [-0.39, 0.29) is 19.1 Å². The van der Waals surface area contributed by atoms with Crippen LogP contribution in [0.15, 0.2) is 42.7 Å². The maximum absolute atomic E-state index is 11.7. The predicted molar refractivity (Wildman–Crippen MR) is 64.4 cm³/mol. The molecule has 0 radical (unpaired) electrons. The van der Waals surface area contributed by atoms with Gasteiger partial charge in [-0.05, 0) is 5.56 Å². The van der Waals surface area contributed by atoms with Crippen molar-refractivity contribution in [3.05, 3.63) is 48.3 Å². The van der Waals surface area contributed by atoms with E-state index in [4.69, 9.17) is 0 Å². The summed E-state index contributed by atoms with van der Waals surface area (Å²) in [5.41, 5.74) is 0.868. The smallest absolute Gasteiger partial charge is 0.242 e. The van der Waals surface area contributed by atoms with Gasteiger partial charge in [0.25, 0.3) is 0 Å². The predicted octanol–water partition coefficient (Wildman–Crippen LogP) is 0.128. The number of benzene rings is 1. The summed E-state index contributed by atoms with van der Waals surface area (Å²) in [6, 6.07) is 8.92. The van der Waals surface area contributed by atoms with E-state index in [0.29, 0.717) is 0 Å². The number of rotatable bonds is 5. The Balaban J connectivity index is 1.96. The molecular weight excluding hydrogens is 232 g/mol. The van der Waals surface area contributed by atoms with Crippen molar-refractivity contribution in [3.63, 3.8) is 0 Å². The Hall–Kier alpha value is -2.21. The summed E-state index contributed by atoms with van der Waals surface area (Å²) in [7, 11) is 0. The van der Waals surface area contributed by atoms with Crippen molar-refractivity contribution in [2.75, 3.05) is 6.61 Å². The first-order valence-corrected chi connectivity index (χ1v) is 5.59. The van der Waals surface area contributed by atoms with Gasteiger partial charge in [0.05, 0.1) is 18.8 Å². The zero-order chi connectivity index (χ0) is 12.8. The topological polar surface area (TPSA) is 80.0 Å². The van der Waals surface area contributed by atoms with Crippen LogP contribution >= 0.6 is 0 Å². The molecule has 1 aromatic carbocycles. The molecule has 0 unspecified atom stereocenters. The van der Waals surface area contributed by atoms with E-state index < -0.39 is 6.04 Å². The molecule has 6 heteroatoms. The second-order valence-electron chi connectivity index (χ2n) is 3.81.